The number of carbonyl (C=O) groups is 1. The monoisotopic (exact) mass is 222 g/mol. The molecule has 1 fully saturated rings. The van der Waals surface area contributed by atoms with Gasteiger partial charge < -0.3 is 10.2 Å². The summed E-state index contributed by atoms with van der Waals surface area (Å²) in [6, 6.07) is 0.0447. The lowest BCUT2D eigenvalue weighted by molar-refractivity contribution is -0.135. The Hall–Kier alpha value is -1.01. The summed E-state index contributed by atoms with van der Waals surface area (Å²) in [6.45, 7) is 6.57. The van der Waals surface area contributed by atoms with E-state index in [1.165, 1.54) is 0 Å². The van der Waals surface area contributed by atoms with Gasteiger partial charge in [-0.05, 0) is 32.7 Å². The Morgan fingerprint density at radius 1 is 1.56 bits per heavy atom. The van der Waals surface area contributed by atoms with E-state index >= 15 is 0 Å². The molecule has 1 saturated heterocycles. The van der Waals surface area contributed by atoms with Gasteiger partial charge in [0.25, 0.3) is 0 Å². The molecule has 1 rings (SSSR count). The summed E-state index contributed by atoms with van der Waals surface area (Å²) in [5, 5.41) is 3.31. The van der Waals surface area contributed by atoms with Crippen LogP contribution in [0.3, 0.4) is 0 Å². The third kappa shape index (κ3) is 3.86. The van der Waals surface area contributed by atoms with Crippen LogP contribution in [0, 0.1) is 11.8 Å². The van der Waals surface area contributed by atoms with Crippen molar-refractivity contribution in [3.05, 3.63) is 0 Å². The predicted molar refractivity (Wildman–Crippen MR) is 66.0 cm³/mol. The summed E-state index contributed by atoms with van der Waals surface area (Å²) in [4.78, 5) is 14.0. The number of hydrogen-bond donors (Lipinski definition) is 1. The van der Waals surface area contributed by atoms with Crippen LogP contribution in [0.5, 0.6) is 0 Å². The SMILES string of the molecule is CC#CCCN1CCCC(NCCC)C1=O. The van der Waals surface area contributed by atoms with Crippen molar-refractivity contribution >= 4 is 5.91 Å². The Morgan fingerprint density at radius 2 is 2.38 bits per heavy atom. The van der Waals surface area contributed by atoms with Gasteiger partial charge in [0.1, 0.15) is 0 Å². The van der Waals surface area contributed by atoms with Crippen molar-refractivity contribution in [1.82, 2.24) is 10.2 Å². The Labute approximate surface area is 98.6 Å². The highest BCUT2D eigenvalue weighted by Gasteiger charge is 2.27. The van der Waals surface area contributed by atoms with E-state index in [4.69, 9.17) is 0 Å². The van der Waals surface area contributed by atoms with Gasteiger partial charge >= 0.3 is 0 Å². The number of carbonyl (C=O) groups excluding carboxylic acids is 1. The molecule has 1 N–H and O–H groups in total. The third-order valence-electron chi connectivity index (χ3n) is 2.85. The van der Waals surface area contributed by atoms with Gasteiger partial charge in [-0.15, -0.1) is 11.8 Å². The molecule has 0 aromatic heterocycles. The second-order valence-electron chi connectivity index (χ2n) is 4.15. The molecule has 1 aliphatic rings. The van der Waals surface area contributed by atoms with Gasteiger partial charge in [0.2, 0.25) is 5.91 Å². The molecule has 0 saturated carbocycles. The Morgan fingerprint density at radius 3 is 3.06 bits per heavy atom. The molecule has 3 heteroatoms. The molecule has 1 aliphatic heterocycles. The average Bonchev–Trinajstić information content (AvgIpc) is 2.30. The average molecular weight is 222 g/mol. The van der Waals surface area contributed by atoms with Crippen molar-refractivity contribution in [3.8, 4) is 11.8 Å². The number of amides is 1. The lowest BCUT2D eigenvalue weighted by Gasteiger charge is -2.32. The zero-order valence-corrected chi connectivity index (χ0v) is 10.4. The van der Waals surface area contributed by atoms with Gasteiger partial charge in [0.05, 0.1) is 6.04 Å². The Kier molecular flexibility index (Phi) is 5.95. The van der Waals surface area contributed by atoms with Crippen molar-refractivity contribution in [1.29, 1.82) is 0 Å². The highest BCUT2D eigenvalue weighted by molar-refractivity contribution is 5.82. The van der Waals surface area contributed by atoms with E-state index in [2.05, 4.69) is 24.1 Å². The molecule has 1 heterocycles. The first kappa shape index (κ1) is 13.1. The summed E-state index contributed by atoms with van der Waals surface area (Å²) >= 11 is 0. The first-order valence-electron chi connectivity index (χ1n) is 6.21. The molecule has 0 bridgehead atoms. The molecular weight excluding hydrogens is 200 g/mol. The molecule has 0 aliphatic carbocycles. The first-order valence-corrected chi connectivity index (χ1v) is 6.21. The molecule has 90 valence electrons. The molecular formula is C13H22N2O. The maximum absolute atomic E-state index is 12.0. The standard InChI is InChI=1S/C13H22N2O/c1-3-5-6-10-15-11-7-8-12(13(15)16)14-9-4-2/h12,14H,4,6-11H2,1-2H3. The summed E-state index contributed by atoms with van der Waals surface area (Å²) < 4.78 is 0. The van der Waals surface area contributed by atoms with Gasteiger partial charge in [-0.3, -0.25) is 4.79 Å². The number of likely N-dealkylation sites (tertiary alicyclic amines) is 1. The maximum Gasteiger partial charge on any atom is 0.239 e. The van der Waals surface area contributed by atoms with E-state index in [9.17, 15) is 4.79 Å². The van der Waals surface area contributed by atoms with Crippen LogP contribution in [0.1, 0.15) is 39.5 Å². The van der Waals surface area contributed by atoms with Crippen LogP contribution >= 0.6 is 0 Å². The van der Waals surface area contributed by atoms with E-state index in [1.807, 2.05) is 11.8 Å². The molecule has 0 aromatic carbocycles. The van der Waals surface area contributed by atoms with Crippen molar-refractivity contribution in [3.63, 3.8) is 0 Å². The van der Waals surface area contributed by atoms with Gasteiger partial charge in [-0.25, -0.2) is 0 Å². The van der Waals surface area contributed by atoms with Gasteiger partial charge in [-0.1, -0.05) is 6.92 Å². The third-order valence-corrected chi connectivity index (χ3v) is 2.85. The maximum atomic E-state index is 12.0. The van der Waals surface area contributed by atoms with Crippen LogP contribution in [0.2, 0.25) is 0 Å². The van der Waals surface area contributed by atoms with E-state index < -0.39 is 0 Å². The lowest BCUT2D eigenvalue weighted by Crippen LogP contribution is -2.51. The van der Waals surface area contributed by atoms with Crippen LogP contribution in [0.4, 0.5) is 0 Å². The van der Waals surface area contributed by atoms with Crippen molar-refractivity contribution in [2.24, 2.45) is 0 Å². The number of nitrogens with one attached hydrogen (secondary N) is 1. The first-order chi connectivity index (χ1) is 7.79. The second-order valence-corrected chi connectivity index (χ2v) is 4.15. The van der Waals surface area contributed by atoms with Crippen LogP contribution in [-0.2, 0) is 4.79 Å². The minimum atomic E-state index is 0.0447. The quantitative estimate of drug-likeness (QED) is 0.713. The highest BCUT2D eigenvalue weighted by atomic mass is 16.2. The number of nitrogens with zero attached hydrogens (tertiary/aromatic N) is 1. The highest BCUT2D eigenvalue weighted by Crippen LogP contribution is 2.11. The number of piperidine rings is 1. The number of hydrogen-bond acceptors (Lipinski definition) is 2. The van der Waals surface area contributed by atoms with E-state index in [1.54, 1.807) is 0 Å². The molecule has 0 aromatic rings. The van der Waals surface area contributed by atoms with Crippen LogP contribution in [-0.4, -0.2) is 36.5 Å². The fraction of sp³-hybridized carbons (Fsp3) is 0.769. The largest absolute Gasteiger partial charge is 0.340 e. The summed E-state index contributed by atoms with van der Waals surface area (Å²) in [7, 11) is 0. The van der Waals surface area contributed by atoms with Crippen LogP contribution in [0.15, 0.2) is 0 Å². The summed E-state index contributed by atoms with van der Waals surface area (Å²) in [5.41, 5.74) is 0. The summed E-state index contributed by atoms with van der Waals surface area (Å²) in [6.07, 6.45) is 3.95. The topological polar surface area (TPSA) is 32.3 Å². The predicted octanol–water partition coefficient (Wildman–Crippen LogP) is 1.39. The molecule has 3 nitrogen and oxygen atoms in total. The smallest absolute Gasteiger partial charge is 0.239 e. The molecule has 1 amide bonds. The zero-order valence-electron chi connectivity index (χ0n) is 10.4. The number of rotatable bonds is 5. The molecule has 0 spiro atoms. The lowest BCUT2D eigenvalue weighted by atomic mass is 10.0. The fourth-order valence-corrected chi connectivity index (χ4v) is 1.99. The van der Waals surface area contributed by atoms with Crippen LogP contribution in [0.25, 0.3) is 0 Å². The van der Waals surface area contributed by atoms with Gasteiger partial charge in [-0.2, -0.15) is 0 Å². The van der Waals surface area contributed by atoms with E-state index in [0.29, 0.717) is 0 Å². The second kappa shape index (κ2) is 7.29. The van der Waals surface area contributed by atoms with E-state index in [-0.39, 0.29) is 11.9 Å². The van der Waals surface area contributed by atoms with Crippen molar-refractivity contribution in [2.75, 3.05) is 19.6 Å². The van der Waals surface area contributed by atoms with Crippen LogP contribution < -0.4 is 5.32 Å². The van der Waals surface area contributed by atoms with Gasteiger partial charge in [0.15, 0.2) is 0 Å². The van der Waals surface area contributed by atoms with E-state index in [0.717, 1.165) is 45.3 Å². The molecule has 16 heavy (non-hydrogen) atoms. The zero-order chi connectivity index (χ0) is 11.8. The Balaban J connectivity index is 2.39. The normalized spacial score (nSPS) is 20.5. The Bertz CT molecular complexity index is 277. The van der Waals surface area contributed by atoms with Crippen molar-refractivity contribution < 1.29 is 4.79 Å². The van der Waals surface area contributed by atoms with Crippen molar-refractivity contribution in [2.45, 2.75) is 45.6 Å². The minimum absolute atomic E-state index is 0.0447. The molecule has 1 atom stereocenters. The molecule has 1 unspecified atom stereocenters. The fourth-order valence-electron chi connectivity index (χ4n) is 1.99. The van der Waals surface area contributed by atoms with Gasteiger partial charge in [0, 0.05) is 19.5 Å². The minimum Gasteiger partial charge on any atom is -0.340 e. The molecule has 0 radical (unpaired) electrons. The summed E-state index contributed by atoms with van der Waals surface area (Å²) in [5.74, 6) is 6.14.